The van der Waals surface area contributed by atoms with Crippen LogP contribution in [0.3, 0.4) is 0 Å². The third-order valence-corrected chi connectivity index (χ3v) is 5.02. The molecule has 0 bridgehead atoms. The van der Waals surface area contributed by atoms with Crippen LogP contribution in [0.4, 0.5) is 0 Å². The molecule has 3 aromatic rings. The number of imidazole rings is 1. The average molecular weight is 458 g/mol. The SMILES string of the molecule is CCOc1cc(C(=O)NC(c2ccc(Cl)cc2)c2nccn2C)cc(OCC)c1OCC. The lowest BCUT2D eigenvalue weighted by Crippen LogP contribution is -2.31. The van der Waals surface area contributed by atoms with Crippen molar-refractivity contribution < 1.29 is 19.0 Å². The van der Waals surface area contributed by atoms with Crippen LogP contribution in [0.25, 0.3) is 0 Å². The summed E-state index contributed by atoms with van der Waals surface area (Å²) >= 11 is 6.06. The van der Waals surface area contributed by atoms with Crippen LogP contribution in [0.15, 0.2) is 48.8 Å². The van der Waals surface area contributed by atoms with Crippen molar-refractivity contribution in [3.63, 3.8) is 0 Å². The van der Waals surface area contributed by atoms with Crippen molar-refractivity contribution >= 4 is 17.5 Å². The van der Waals surface area contributed by atoms with E-state index in [0.29, 0.717) is 53.5 Å². The highest BCUT2D eigenvalue weighted by Crippen LogP contribution is 2.39. The van der Waals surface area contributed by atoms with E-state index in [1.54, 1.807) is 30.5 Å². The zero-order chi connectivity index (χ0) is 23.1. The molecule has 170 valence electrons. The van der Waals surface area contributed by atoms with Crippen LogP contribution in [-0.2, 0) is 7.05 Å². The van der Waals surface area contributed by atoms with Gasteiger partial charge in [0.15, 0.2) is 11.5 Å². The second kappa shape index (κ2) is 10.9. The molecule has 3 rings (SSSR count). The van der Waals surface area contributed by atoms with Gasteiger partial charge in [0.1, 0.15) is 11.9 Å². The van der Waals surface area contributed by atoms with Crippen molar-refractivity contribution in [1.82, 2.24) is 14.9 Å². The third-order valence-electron chi connectivity index (χ3n) is 4.77. The molecule has 1 amide bonds. The molecule has 0 saturated carbocycles. The molecule has 7 nitrogen and oxygen atoms in total. The maximum Gasteiger partial charge on any atom is 0.252 e. The summed E-state index contributed by atoms with van der Waals surface area (Å²) in [6.45, 7) is 6.94. The van der Waals surface area contributed by atoms with Gasteiger partial charge in [0.25, 0.3) is 5.91 Å². The number of ether oxygens (including phenoxy) is 3. The van der Waals surface area contributed by atoms with E-state index in [2.05, 4.69) is 10.3 Å². The predicted molar refractivity (Wildman–Crippen MR) is 124 cm³/mol. The molecular formula is C24H28ClN3O4. The van der Waals surface area contributed by atoms with Gasteiger partial charge in [-0.25, -0.2) is 4.98 Å². The first kappa shape index (κ1) is 23.5. The largest absolute Gasteiger partial charge is 0.490 e. The number of rotatable bonds is 10. The van der Waals surface area contributed by atoms with Gasteiger partial charge in [-0.2, -0.15) is 0 Å². The number of aryl methyl sites for hydroxylation is 1. The first-order chi connectivity index (χ1) is 15.5. The number of amides is 1. The van der Waals surface area contributed by atoms with Crippen LogP contribution >= 0.6 is 11.6 Å². The lowest BCUT2D eigenvalue weighted by Gasteiger charge is -2.21. The lowest BCUT2D eigenvalue weighted by atomic mass is 10.0. The fourth-order valence-corrected chi connectivity index (χ4v) is 3.47. The molecule has 1 atom stereocenters. The molecular weight excluding hydrogens is 430 g/mol. The minimum Gasteiger partial charge on any atom is -0.490 e. The minimum atomic E-state index is -0.475. The highest BCUT2D eigenvalue weighted by Gasteiger charge is 2.24. The molecule has 32 heavy (non-hydrogen) atoms. The molecule has 1 heterocycles. The Kier molecular flexibility index (Phi) is 8.00. The van der Waals surface area contributed by atoms with Crippen molar-refractivity contribution in [2.45, 2.75) is 26.8 Å². The summed E-state index contributed by atoms with van der Waals surface area (Å²) < 4.78 is 19.1. The van der Waals surface area contributed by atoms with Gasteiger partial charge < -0.3 is 24.1 Å². The summed E-state index contributed by atoms with van der Waals surface area (Å²) in [7, 11) is 1.88. The highest BCUT2D eigenvalue weighted by molar-refractivity contribution is 6.30. The van der Waals surface area contributed by atoms with Crippen LogP contribution in [-0.4, -0.2) is 35.3 Å². The van der Waals surface area contributed by atoms with E-state index in [1.807, 2.05) is 50.7 Å². The van der Waals surface area contributed by atoms with E-state index in [0.717, 1.165) is 5.56 Å². The van der Waals surface area contributed by atoms with Gasteiger partial charge in [-0.15, -0.1) is 0 Å². The van der Waals surface area contributed by atoms with E-state index >= 15 is 0 Å². The second-order valence-corrected chi connectivity index (χ2v) is 7.39. The van der Waals surface area contributed by atoms with Crippen molar-refractivity contribution in [3.8, 4) is 17.2 Å². The molecule has 1 unspecified atom stereocenters. The maximum absolute atomic E-state index is 13.4. The number of carbonyl (C=O) groups excluding carboxylic acids is 1. The van der Waals surface area contributed by atoms with E-state index in [1.165, 1.54) is 0 Å². The van der Waals surface area contributed by atoms with Gasteiger partial charge in [-0.3, -0.25) is 4.79 Å². The smallest absolute Gasteiger partial charge is 0.252 e. The molecule has 0 aliphatic rings. The molecule has 8 heteroatoms. The van der Waals surface area contributed by atoms with Gasteiger partial charge in [0, 0.05) is 30.0 Å². The maximum atomic E-state index is 13.4. The Balaban J connectivity index is 2.00. The minimum absolute atomic E-state index is 0.294. The predicted octanol–water partition coefficient (Wildman–Crippen LogP) is 4.79. The summed E-state index contributed by atoms with van der Waals surface area (Å²) in [6.07, 6.45) is 3.53. The number of benzene rings is 2. The normalized spacial score (nSPS) is 11.7. The number of hydrogen-bond donors (Lipinski definition) is 1. The van der Waals surface area contributed by atoms with Crippen molar-refractivity contribution in [2.24, 2.45) is 7.05 Å². The van der Waals surface area contributed by atoms with Gasteiger partial charge in [-0.1, -0.05) is 23.7 Å². The number of nitrogens with zero attached hydrogens (tertiary/aromatic N) is 2. The Morgan fingerprint density at radius 2 is 1.62 bits per heavy atom. The average Bonchev–Trinajstić information content (AvgIpc) is 3.20. The lowest BCUT2D eigenvalue weighted by molar-refractivity contribution is 0.0940. The zero-order valence-corrected chi connectivity index (χ0v) is 19.5. The fourth-order valence-electron chi connectivity index (χ4n) is 3.34. The first-order valence-electron chi connectivity index (χ1n) is 10.6. The van der Waals surface area contributed by atoms with Gasteiger partial charge in [0.05, 0.1) is 19.8 Å². The molecule has 0 aliphatic heterocycles. The second-order valence-electron chi connectivity index (χ2n) is 6.96. The molecule has 0 aliphatic carbocycles. The van der Waals surface area contributed by atoms with E-state index in [4.69, 9.17) is 25.8 Å². The van der Waals surface area contributed by atoms with E-state index in [-0.39, 0.29) is 5.91 Å². The Labute approximate surface area is 193 Å². The summed E-state index contributed by atoms with van der Waals surface area (Å²) in [5, 5.41) is 3.70. The van der Waals surface area contributed by atoms with Crippen LogP contribution in [0.2, 0.25) is 5.02 Å². The number of aromatic nitrogens is 2. The van der Waals surface area contributed by atoms with Gasteiger partial charge in [-0.05, 0) is 50.6 Å². The molecule has 1 aromatic heterocycles. The van der Waals surface area contributed by atoms with Crippen LogP contribution in [0, 0.1) is 0 Å². The molecule has 0 radical (unpaired) electrons. The zero-order valence-electron chi connectivity index (χ0n) is 18.7. The first-order valence-corrected chi connectivity index (χ1v) is 11.0. The standard InChI is InChI=1S/C24H28ClN3O4/c1-5-30-19-14-17(15-20(31-6-2)22(19)32-7-3)24(29)27-21(23-26-12-13-28(23)4)16-8-10-18(25)11-9-16/h8-15,21H,5-7H2,1-4H3,(H,27,29). The summed E-state index contributed by atoms with van der Waals surface area (Å²) in [5.74, 6) is 1.82. The summed E-state index contributed by atoms with van der Waals surface area (Å²) in [5.41, 5.74) is 1.26. The Morgan fingerprint density at radius 1 is 1.03 bits per heavy atom. The van der Waals surface area contributed by atoms with Crippen LogP contribution in [0.1, 0.15) is 48.6 Å². The monoisotopic (exact) mass is 457 g/mol. The highest BCUT2D eigenvalue weighted by atomic mass is 35.5. The van der Waals surface area contributed by atoms with Crippen molar-refractivity contribution in [2.75, 3.05) is 19.8 Å². The van der Waals surface area contributed by atoms with Gasteiger partial charge >= 0.3 is 0 Å². The molecule has 0 spiro atoms. The molecule has 2 aromatic carbocycles. The van der Waals surface area contributed by atoms with Gasteiger partial charge in [0.2, 0.25) is 5.75 Å². The third kappa shape index (κ3) is 5.34. The van der Waals surface area contributed by atoms with Crippen LogP contribution < -0.4 is 19.5 Å². The van der Waals surface area contributed by atoms with Crippen molar-refractivity contribution in [3.05, 3.63) is 70.8 Å². The summed E-state index contributed by atoms with van der Waals surface area (Å²) in [6, 6.07) is 10.2. The van der Waals surface area contributed by atoms with E-state index in [9.17, 15) is 4.79 Å². The quantitative estimate of drug-likeness (QED) is 0.473. The Bertz CT molecular complexity index is 1020. The Morgan fingerprint density at radius 3 is 2.12 bits per heavy atom. The molecule has 1 N–H and O–H groups in total. The van der Waals surface area contributed by atoms with E-state index < -0.39 is 6.04 Å². The summed E-state index contributed by atoms with van der Waals surface area (Å²) in [4.78, 5) is 17.8. The number of carbonyl (C=O) groups is 1. The number of hydrogen-bond acceptors (Lipinski definition) is 5. The number of halogens is 1. The molecule has 0 saturated heterocycles. The fraction of sp³-hybridized carbons (Fsp3) is 0.333. The van der Waals surface area contributed by atoms with Crippen molar-refractivity contribution in [1.29, 1.82) is 0 Å². The molecule has 0 fully saturated rings. The van der Waals surface area contributed by atoms with Crippen LogP contribution in [0.5, 0.6) is 17.2 Å². The topological polar surface area (TPSA) is 74.6 Å². The number of nitrogens with one attached hydrogen (secondary N) is 1. The Hall–Kier alpha value is -3.19.